The predicted molar refractivity (Wildman–Crippen MR) is 105 cm³/mol. The van der Waals surface area contributed by atoms with E-state index in [4.69, 9.17) is 18.9 Å². The fourth-order valence-electron chi connectivity index (χ4n) is 2.96. The topological polar surface area (TPSA) is 95.1 Å². The van der Waals surface area contributed by atoms with Crippen molar-refractivity contribution in [2.45, 2.75) is 6.04 Å². The second-order valence-electron chi connectivity index (χ2n) is 6.15. The Bertz CT molecular complexity index is 906. The maximum Gasteiger partial charge on any atom is 0.338 e. The number of urea groups is 1. The molecule has 0 radical (unpaired) electrons. The smallest absolute Gasteiger partial charge is 0.338 e. The van der Waals surface area contributed by atoms with E-state index in [0.717, 1.165) is 0 Å². The molecule has 0 spiro atoms. The summed E-state index contributed by atoms with van der Waals surface area (Å²) in [6.07, 6.45) is 0. The Labute approximate surface area is 168 Å². The molecule has 1 heterocycles. The highest BCUT2D eigenvalue weighted by Gasteiger charge is 2.33. The van der Waals surface area contributed by atoms with Gasteiger partial charge in [0, 0.05) is 0 Å². The van der Waals surface area contributed by atoms with Crippen LogP contribution in [0.3, 0.4) is 0 Å². The van der Waals surface area contributed by atoms with Crippen LogP contribution in [0.2, 0.25) is 0 Å². The minimum Gasteiger partial charge on any atom is -0.497 e. The number of carbonyl (C=O) groups excluding carboxylic acids is 2. The van der Waals surface area contributed by atoms with Crippen LogP contribution in [0.1, 0.15) is 11.6 Å². The van der Waals surface area contributed by atoms with Crippen molar-refractivity contribution in [2.75, 3.05) is 27.9 Å². The quantitative estimate of drug-likeness (QED) is 0.696. The number of ether oxygens (including phenoxy) is 4. The van der Waals surface area contributed by atoms with Gasteiger partial charge in [-0.1, -0.05) is 12.1 Å². The highest BCUT2D eigenvalue weighted by atomic mass is 16.5. The Morgan fingerprint density at radius 2 is 1.45 bits per heavy atom. The molecule has 0 fully saturated rings. The van der Waals surface area contributed by atoms with Gasteiger partial charge in [-0.15, -0.1) is 0 Å². The van der Waals surface area contributed by atoms with Crippen LogP contribution >= 0.6 is 0 Å². The number of esters is 1. The van der Waals surface area contributed by atoms with Gasteiger partial charge in [-0.2, -0.15) is 0 Å². The zero-order valence-corrected chi connectivity index (χ0v) is 16.4. The lowest BCUT2D eigenvalue weighted by Crippen LogP contribution is -2.47. The molecule has 0 saturated heterocycles. The fraction of sp³-hybridized carbons (Fsp3) is 0.238. The molecule has 29 heavy (non-hydrogen) atoms. The largest absolute Gasteiger partial charge is 0.497 e. The molecule has 2 aromatic carbocycles. The van der Waals surface area contributed by atoms with Crippen LogP contribution in [0, 0.1) is 0 Å². The van der Waals surface area contributed by atoms with Crippen molar-refractivity contribution in [1.29, 1.82) is 0 Å². The van der Waals surface area contributed by atoms with Gasteiger partial charge in [0.15, 0.2) is 0 Å². The number of hydrogen-bond acceptors (Lipinski definition) is 6. The summed E-state index contributed by atoms with van der Waals surface area (Å²) in [6.45, 7) is -0.0170. The number of amides is 2. The number of methoxy groups -OCH3 is 3. The highest BCUT2D eigenvalue weighted by molar-refractivity contribution is 5.95. The van der Waals surface area contributed by atoms with E-state index in [2.05, 4.69) is 10.6 Å². The summed E-state index contributed by atoms with van der Waals surface area (Å²) < 4.78 is 21.0. The molecule has 152 valence electrons. The predicted octanol–water partition coefficient (Wildman–Crippen LogP) is 2.56. The molecule has 1 atom stereocenters. The maximum absolute atomic E-state index is 12.5. The molecule has 1 aliphatic rings. The van der Waals surface area contributed by atoms with Crippen molar-refractivity contribution in [3.8, 4) is 17.2 Å². The second kappa shape index (κ2) is 9.01. The average Bonchev–Trinajstić information content (AvgIpc) is 2.77. The summed E-state index contributed by atoms with van der Waals surface area (Å²) in [6, 6.07) is 12.9. The Hall–Kier alpha value is -3.68. The lowest BCUT2D eigenvalue weighted by molar-refractivity contribution is -0.136. The first-order valence-electron chi connectivity index (χ1n) is 8.85. The van der Waals surface area contributed by atoms with Crippen LogP contribution < -0.4 is 24.8 Å². The SMILES string of the molecule is COC(=O)C1=C(COc2ccc(OC)cc2)NC(=O)N[C@@H]1c1ccc(OC)cc1. The summed E-state index contributed by atoms with van der Waals surface area (Å²) in [7, 11) is 4.43. The molecule has 2 amide bonds. The molecule has 8 nitrogen and oxygen atoms in total. The molecule has 0 bridgehead atoms. The van der Waals surface area contributed by atoms with Gasteiger partial charge < -0.3 is 29.6 Å². The van der Waals surface area contributed by atoms with Gasteiger partial charge in [0.25, 0.3) is 0 Å². The van der Waals surface area contributed by atoms with Crippen molar-refractivity contribution in [3.63, 3.8) is 0 Å². The standard InChI is InChI=1S/C21H22N2O6/c1-26-14-6-4-13(5-7-14)19-18(20(24)28-3)17(22-21(25)23-19)12-29-16-10-8-15(27-2)9-11-16/h4-11,19H,12H2,1-3H3,(H2,22,23,25)/t19-/m1/s1. The first-order chi connectivity index (χ1) is 14.0. The monoisotopic (exact) mass is 398 g/mol. The third kappa shape index (κ3) is 4.60. The van der Waals surface area contributed by atoms with Crippen LogP contribution in [0.5, 0.6) is 17.2 Å². The van der Waals surface area contributed by atoms with Crippen molar-refractivity contribution in [1.82, 2.24) is 10.6 Å². The molecule has 0 aliphatic carbocycles. The molecule has 8 heteroatoms. The molecule has 2 aromatic rings. The Morgan fingerprint density at radius 1 is 0.897 bits per heavy atom. The highest BCUT2D eigenvalue weighted by Crippen LogP contribution is 2.29. The summed E-state index contributed by atoms with van der Waals surface area (Å²) in [4.78, 5) is 24.7. The van der Waals surface area contributed by atoms with Gasteiger partial charge >= 0.3 is 12.0 Å². The molecule has 3 rings (SSSR count). The van der Waals surface area contributed by atoms with Gasteiger partial charge in [0.05, 0.1) is 38.6 Å². The van der Waals surface area contributed by atoms with Crippen LogP contribution in [0.4, 0.5) is 4.79 Å². The molecular weight excluding hydrogens is 376 g/mol. The normalized spacial score (nSPS) is 15.8. The summed E-state index contributed by atoms with van der Waals surface area (Å²) in [5, 5.41) is 5.41. The minimum atomic E-state index is -0.684. The van der Waals surface area contributed by atoms with Gasteiger partial charge in [0.2, 0.25) is 0 Å². The third-order valence-corrected chi connectivity index (χ3v) is 4.45. The van der Waals surface area contributed by atoms with Gasteiger partial charge in [0.1, 0.15) is 23.9 Å². The maximum atomic E-state index is 12.5. The number of carbonyl (C=O) groups is 2. The average molecular weight is 398 g/mol. The van der Waals surface area contributed by atoms with Gasteiger partial charge in [-0.3, -0.25) is 0 Å². The number of benzene rings is 2. The summed E-state index contributed by atoms with van der Waals surface area (Å²) >= 11 is 0. The van der Waals surface area contributed by atoms with E-state index < -0.39 is 18.0 Å². The summed E-state index contributed by atoms with van der Waals surface area (Å²) in [5.74, 6) is 1.37. The van der Waals surface area contributed by atoms with Gasteiger partial charge in [-0.25, -0.2) is 9.59 Å². The molecule has 0 aromatic heterocycles. The zero-order chi connectivity index (χ0) is 20.8. The van der Waals surface area contributed by atoms with Crippen LogP contribution in [-0.4, -0.2) is 39.9 Å². The van der Waals surface area contributed by atoms with Crippen LogP contribution in [-0.2, 0) is 9.53 Å². The van der Waals surface area contributed by atoms with Crippen molar-refractivity contribution in [2.24, 2.45) is 0 Å². The molecule has 0 unspecified atom stereocenters. The van der Waals surface area contributed by atoms with E-state index in [1.165, 1.54) is 7.11 Å². The minimum absolute atomic E-state index is 0.0170. The number of nitrogens with one attached hydrogen (secondary N) is 2. The summed E-state index contributed by atoms with van der Waals surface area (Å²) in [5.41, 5.74) is 1.31. The zero-order valence-electron chi connectivity index (χ0n) is 16.4. The Balaban J connectivity index is 1.90. The Kier molecular flexibility index (Phi) is 6.23. The van der Waals surface area contributed by atoms with E-state index in [-0.39, 0.29) is 12.2 Å². The number of rotatable bonds is 7. The molecular formula is C21H22N2O6. The van der Waals surface area contributed by atoms with E-state index >= 15 is 0 Å². The van der Waals surface area contributed by atoms with E-state index in [9.17, 15) is 9.59 Å². The molecule has 1 aliphatic heterocycles. The third-order valence-electron chi connectivity index (χ3n) is 4.45. The Morgan fingerprint density at radius 3 is 2.00 bits per heavy atom. The lowest BCUT2D eigenvalue weighted by atomic mass is 9.95. The van der Waals surface area contributed by atoms with E-state index in [0.29, 0.717) is 28.5 Å². The molecule has 2 N–H and O–H groups in total. The number of hydrogen-bond donors (Lipinski definition) is 2. The first kappa shape index (κ1) is 20.1. The lowest BCUT2D eigenvalue weighted by Gasteiger charge is -2.29. The van der Waals surface area contributed by atoms with Crippen LogP contribution in [0.15, 0.2) is 59.8 Å². The fourth-order valence-corrected chi connectivity index (χ4v) is 2.96. The van der Waals surface area contributed by atoms with Gasteiger partial charge in [-0.05, 0) is 42.0 Å². The van der Waals surface area contributed by atoms with Crippen molar-refractivity contribution >= 4 is 12.0 Å². The van der Waals surface area contributed by atoms with Crippen LogP contribution in [0.25, 0.3) is 0 Å². The van der Waals surface area contributed by atoms with E-state index in [1.807, 2.05) is 0 Å². The van der Waals surface area contributed by atoms with Crippen molar-refractivity contribution < 1.29 is 28.5 Å². The first-order valence-corrected chi connectivity index (χ1v) is 8.85. The molecule has 0 saturated carbocycles. The van der Waals surface area contributed by atoms with Crippen molar-refractivity contribution in [3.05, 3.63) is 65.4 Å². The van der Waals surface area contributed by atoms with E-state index in [1.54, 1.807) is 62.8 Å². The second-order valence-corrected chi connectivity index (χ2v) is 6.15.